The molecular weight excluding hydrogens is 220 g/mol. The Hall–Kier alpha value is -0.0800. The van der Waals surface area contributed by atoms with E-state index in [1.165, 1.54) is 70.8 Å². The highest BCUT2D eigenvalue weighted by Crippen LogP contribution is 2.33. The SMILES string of the molecule is CC1(NCCC2CC3CCC(C2)N3)CCCCC1. The molecule has 2 heterocycles. The smallest absolute Gasteiger partial charge is 0.0153 e. The second kappa shape index (κ2) is 5.50. The minimum Gasteiger partial charge on any atom is -0.312 e. The van der Waals surface area contributed by atoms with Gasteiger partial charge in [0.2, 0.25) is 0 Å². The van der Waals surface area contributed by atoms with Crippen LogP contribution in [0.15, 0.2) is 0 Å². The number of nitrogens with one attached hydrogen (secondary N) is 2. The molecule has 2 N–H and O–H groups in total. The first-order chi connectivity index (χ1) is 8.73. The molecule has 3 rings (SSSR count). The van der Waals surface area contributed by atoms with Crippen molar-refractivity contribution in [2.45, 2.75) is 88.8 Å². The molecule has 2 heteroatoms. The van der Waals surface area contributed by atoms with Crippen LogP contribution in [0.1, 0.15) is 71.1 Å². The van der Waals surface area contributed by atoms with Crippen LogP contribution in [-0.2, 0) is 0 Å². The quantitative estimate of drug-likeness (QED) is 0.800. The van der Waals surface area contributed by atoms with Crippen LogP contribution < -0.4 is 10.6 Å². The fraction of sp³-hybridized carbons (Fsp3) is 1.00. The van der Waals surface area contributed by atoms with Crippen molar-refractivity contribution >= 4 is 0 Å². The van der Waals surface area contributed by atoms with Gasteiger partial charge in [0.15, 0.2) is 0 Å². The van der Waals surface area contributed by atoms with Gasteiger partial charge in [-0.3, -0.25) is 0 Å². The molecule has 0 aromatic rings. The first-order valence-corrected chi connectivity index (χ1v) is 8.25. The average molecular weight is 250 g/mol. The largest absolute Gasteiger partial charge is 0.312 e. The van der Waals surface area contributed by atoms with Crippen LogP contribution in [0.5, 0.6) is 0 Å². The van der Waals surface area contributed by atoms with Crippen molar-refractivity contribution in [2.75, 3.05) is 6.54 Å². The molecule has 0 amide bonds. The molecule has 2 saturated heterocycles. The summed E-state index contributed by atoms with van der Waals surface area (Å²) in [4.78, 5) is 0. The Labute approximate surface area is 112 Å². The van der Waals surface area contributed by atoms with Crippen molar-refractivity contribution in [1.29, 1.82) is 0 Å². The summed E-state index contributed by atoms with van der Waals surface area (Å²) >= 11 is 0. The standard InChI is InChI=1S/C16H30N2/c1-16(8-3-2-4-9-16)17-10-7-13-11-14-5-6-15(12-13)18-14/h13-15,17-18H,2-12H2,1H3. The maximum atomic E-state index is 3.87. The van der Waals surface area contributed by atoms with E-state index in [9.17, 15) is 0 Å². The highest BCUT2D eigenvalue weighted by atomic mass is 15.0. The molecule has 1 aliphatic carbocycles. The number of fused-ring (bicyclic) bond motifs is 2. The summed E-state index contributed by atoms with van der Waals surface area (Å²) in [5.74, 6) is 0.989. The van der Waals surface area contributed by atoms with Gasteiger partial charge < -0.3 is 10.6 Å². The van der Waals surface area contributed by atoms with Crippen LogP contribution in [0.25, 0.3) is 0 Å². The summed E-state index contributed by atoms with van der Waals surface area (Å²) in [5, 5.41) is 7.62. The lowest BCUT2D eigenvalue weighted by Gasteiger charge is -2.36. The molecule has 0 aromatic carbocycles. The fourth-order valence-electron chi connectivity index (χ4n) is 4.50. The molecule has 2 nitrogen and oxygen atoms in total. The normalized spacial score (nSPS) is 38.8. The molecule has 0 spiro atoms. The molecule has 104 valence electrons. The first kappa shape index (κ1) is 12.9. The van der Waals surface area contributed by atoms with Gasteiger partial charge in [-0.2, -0.15) is 0 Å². The molecule has 0 radical (unpaired) electrons. The van der Waals surface area contributed by atoms with Crippen molar-refractivity contribution in [3.05, 3.63) is 0 Å². The topological polar surface area (TPSA) is 24.1 Å². The summed E-state index contributed by atoms with van der Waals surface area (Å²) in [5.41, 5.74) is 0.462. The third-order valence-electron chi connectivity index (χ3n) is 5.63. The molecular formula is C16H30N2. The van der Waals surface area contributed by atoms with E-state index in [-0.39, 0.29) is 0 Å². The zero-order chi connectivity index (χ0) is 12.4. The van der Waals surface area contributed by atoms with E-state index in [1.54, 1.807) is 0 Å². The monoisotopic (exact) mass is 250 g/mol. The maximum absolute atomic E-state index is 3.87. The predicted octanol–water partition coefficient (Wildman–Crippen LogP) is 3.22. The lowest BCUT2D eigenvalue weighted by atomic mass is 9.83. The van der Waals surface area contributed by atoms with Gasteiger partial charge in [-0.15, -0.1) is 0 Å². The van der Waals surface area contributed by atoms with Gasteiger partial charge in [0.25, 0.3) is 0 Å². The Kier molecular flexibility index (Phi) is 3.95. The molecule has 2 aliphatic heterocycles. The van der Waals surface area contributed by atoms with Gasteiger partial charge in [0, 0.05) is 17.6 Å². The van der Waals surface area contributed by atoms with Gasteiger partial charge >= 0.3 is 0 Å². The minimum absolute atomic E-state index is 0.462. The Balaban J connectivity index is 1.39. The number of rotatable bonds is 4. The summed E-state index contributed by atoms with van der Waals surface area (Å²) < 4.78 is 0. The lowest BCUT2D eigenvalue weighted by molar-refractivity contribution is 0.231. The highest BCUT2D eigenvalue weighted by Gasteiger charge is 2.33. The van der Waals surface area contributed by atoms with Crippen molar-refractivity contribution < 1.29 is 0 Å². The Morgan fingerprint density at radius 2 is 1.72 bits per heavy atom. The zero-order valence-corrected chi connectivity index (χ0v) is 12.0. The Morgan fingerprint density at radius 3 is 2.39 bits per heavy atom. The van der Waals surface area contributed by atoms with Crippen molar-refractivity contribution in [1.82, 2.24) is 10.6 Å². The Morgan fingerprint density at radius 1 is 1.06 bits per heavy atom. The van der Waals surface area contributed by atoms with E-state index in [2.05, 4.69) is 17.6 Å². The molecule has 2 atom stereocenters. The molecule has 18 heavy (non-hydrogen) atoms. The van der Waals surface area contributed by atoms with Gasteiger partial charge in [-0.25, -0.2) is 0 Å². The van der Waals surface area contributed by atoms with Crippen molar-refractivity contribution in [2.24, 2.45) is 5.92 Å². The predicted molar refractivity (Wildman–Crippen MR) is 76.8 cm³/mol. The first-order valence-electron chi connectivity index (χ1n) is 8.25. The average Bonchev–Trinajstić information content (AvgIpc) is 2.69. The maximum Gasteiger partial charge on any atom is 0.0153 e. The third-order valence-corrected chi connectivity index (χ3v) is 5.63. The van der Waals surface area contributed by atoms with Gasteiger partial charge in [0.1, 0.15) is 0 Å². The second-order valence-corrected chi connectivity index (χ2v) is 7.31. The fourth-order valence-corrected chi connectivity index (χ4v) is 4.50. The zero-order valence-electron chi connectivity index (χ0n) is 12.0. The summed E-state index contributed by atoms with van der Waals surface area (Å²) in [6.07, 6.45) is 14.3. The van der Waals surface area contributed by atoms with Crippen LogP contribution in [0.2, 0.25) is 0 Å². The summed E-state index contributed by atoms with van der Waals surface area (Å²) in [6.45, 7) is 3.69. The van der Waals surface area contributed by atoms with E-state index in [1.807, 2.05) is 0 Å². The van der Waals surface area contributed by atoms with Crippen LogP contribution in [0.4, 0.5) is 0 Å². The van der Waals surface area contributed by atoms with Gasteiger partial charge in [-0.05, 0) is 64.3 Å². The Bertz CT molecular complexity index is 258. The summed E-state index contributed by atoms with van der Waals surface area (Å²) in [6, 6.07) is 1.72. The van der Waals surface area contributed by atoms with E-state index in [4.69, 9.17) is 0 Å². The van der Waals surface area contributed by atoms with Crippen LogP contribution in [-0.4, -0.2) is 24.2 Å². The molecule has 2 bridgehead atoms. The molecule has 2 unspecified atom stereocenters. The highest BCUT2D eigenvalue weighted by molar-refractivity contribution is 4.92. The van der Waals surface area contributed by atoms with E-state index in [0.717, 1.165) is 18.0 Å². The van der Waals surface area contributed by atoms with Crippen LogP contribution in [0, 0.1) is 5.92 Å². The second-order valence-electron chi connectivity index (χ2n) is 7.31. The lowest BCUT2D eigenvalue weighted by Crippen LogP contribution is -2.45. The molecule has 0 aromatic heterocycles. The van der Waals surface area contributed by atoms with E-state index >= 15 is 0 Å². The van der Waals surface area contributed by atoms with Gasteiger partial charge in [0.05, 0.1) is 0 Å². The third kappa shape index (κ3) is 3.08. The van der Waals surface area contributed by atoms with Crippen molar-refractivity contribution in [3.8, 4) is 0 Å². The van der Waals surface area contributed by atoms with Crippen LogP contribution in [0.3, 0.4) is 0 Å². The van der Waals surface area contributed by atoms with Gasteiger partial charge in [-0.1, -0.05) is 19.3 Å². The minimum atomic E-state index is 0.462. The number of piperidine rings is 1. The molecule has 1 saturated carbocycles. The van der Waals surface area contributed by atoms with E-state index in [0.29, 0.717) is 5.54 Å². The molecule has 3 fully saturated rings. The number of hydrogen-bond donors (Lipinski definition) is 2. The number of hydrogen-bond acceptors (Lipinski definition) is 2. The van der Waals surface area contributed by atoms with Crippen LogP contribution >= 0.6 is 0 Å². The summed E-state index contributed by atoms with van der Waals surface area (Å²) in [7, 11) is 0. The molecule has 3 aliphatic rings. The van der Waals surface area contributed by atoms with Crippen molar-refractivity contribution in [3.63, 3.8) is 0 Å². The van der Waals surface area contributed by atoms with E-state index < -0.39 is 0 Å².